The van der Waals surface area contributed by atoms with E-state index >= 15 is 0 Å². The van der Waals surface area contributed by atoms with E-state index in [0.717, 1.165) is 33.4 Å². The highest BCUT2D eigenvalue weighted by Crippen LogP contribution is 2.41. The summed E-state index contributed by atoms with van der Waals surface area (Å²) in [7, 11) is -3.89. The highest BCUT2D eigenvalue weighted by Gasteiger charge is 2.26. The fourth-order valence-electron chi connectivity index (χ4n) is 5.14. The van der Waals surface area contributed by atoms with Crippen LogP contribution < -0.4 is 0 Å². The molecule has 0 bridgehead atoms. The molecule has 0 unspecified atom stereocenters. The van der Waals surface area contributed by atoms with Crippen molar-refractivity contribution < 1.29 is 8.42 Å². The Kier molecular flexibility index (Phi) is 6.66. The van der Waals surface area contributed by atoms with Crippen LogP contribution in [0, 0.1) is 0 Å². The molecular formula is C36H26O2S. The van der Waals surface area contributed by atoms with Crippen molar-refractivity contribution in [3.8, 4) is 44.5 Å². The lowest BCUT2D eigenvalue weighted by Gasteiger charge is -2.18. The molecule has 0 N–H and O–H groups in total. The molecule has 6 aromatic rings. The van der Waals surface area contributed by atoms with E-state index in [4.69, 9.17) is 0 Å². The summed E-state index contributed by atoms with van der Waals surface area (Å²) >= 11 is 0. The molecule has 3 heteroatoms. The lowest BCUT2D eigenvalue weighted by Crippen LogP contribution is -2.06. The summed E-state index contributed by atoms with van der Waals surface area (Å²) in [6.07, 6.45) is 0. The van der Waals surface area contributed by atoms with E-state index in [2.05, 4.69) is 0 Å². The highest BCUT2D eigenvalue weighted by atomic mass is 32.2. The zero-order chi connectivity index (χ0) is 26.7. The van der Waals surface area contributed by atoms with Crippen LogP contribution in [0.4, 0.5) is 0 Å². The molecule has 0 aliphatic heterocycles. The van der Waals surface area contributed by atoms with Gasteiger partial charge in [-0.3, -0.25) is 0 Å². The van der Waals surface area contributed by atoms with E-state index in [1.807, 2.05) is 133 Å². The molecule has 0 radical (unpaired) electrons. The van der Waals surface area contributed by atoms with Gasteiger partial charge in [-0.2, -0.15) is 0 Å². The van der Waals surface area contributed by atoms with Crippen LogP contribution in [0.5, 0.6) is 0 Å². The summed E-state index contributed by atoms with van der Waals surface area (Å²) in [5.74, 6) is 0. The molecule has 0 aliphatic carbocycles. The molecule has 39 heavy (non-hydrogen) atoms. The number of hydrogen-bond donors (Lipinski definition) is 0. The zero-order valence-corrected chi connectivity index (χ0v) is 22.1. The zero-order valence-electron chi connectivity index (χ0n) is 21.2. The van der Waals surface area contributed by atoms with Gasteiger partial charge >= 0.3 is 0 Å². The maximum atomic E-state index is 14.5. The quantitative estimate of drug-likeness (QED) is 0.218. The third kappa shape index (κ3) is 4.69. The van der Waals surface area contributed by atoms with Gasteiger partial charge < -0.3 is 0 Å². The van der Waals surface area contributed by atoms with Gasteiger partial charge in [-0.1, -0.05) is 146 Å². The Balaban J connectivity index is 1.55. The van der Waals surface area contributed by atoms with Crippen molar-refractivity contribution in [3.05, 3.63) is 158 Å². The molecule has 0 aliphatic rings. The first-order valence-electron chi connectivity index (χ1n) is 12.9. The van der Waals surface area contributed by atoms with E-state index in [1.54, 1.807) is 24.3 Å². The first-order valence-corrected chi connectivity index (χ1v) is 14.4. The minimum atomic E-state index is -3.89. The summed E-state index contributed by atoms with van der Waals surface area (Å²) in [5, 5.41) is 0. The summed E-state index contributed by atoms with van der Waals surface area (Å²) in [6, 6.07) is 50.7. The molecule has 0 spiro atoms. The first-order chi connectivity index (χ1) is 19.1. The topological polar surface area (TPSA) is 34.1 Å². The Labute approximate surface area is 229 Å². The molecule has 188 valence electrons. The smallest absolute Gasteiger partial charge is 0.207 e. The predicted molar refractivity (Wildman–Crippen MR) is 160 cm³/mol. The van der Waals surface area contributed by atoms with Crippen LogP contribution >= 0.6 is 0 Å². The Bertz CT molecular complexity index is 1730. The molecule has 0 atom stereocenters. The molecule has 6 aromatic carbocycles. The average molecular weight is 523 g/mol. The van der Waals surface area contributed by atoms with Crippen molar-refractivity contribution in [2.24, 2.45) is 0 Å². The van der Waals surface area contributed by atoms with Gasteiger partial charge in [0, 0.05) is 11.1 Å². The SMILES string of the molecule is O=S(=O)(c1ccccc1-c1ccccc1-c1ccccc1)c1ccccc1-c1ccccc1-c1ccccc1. The Morgan fingerprint density at radius 2 is 0.564 bits per heavy atom. The van der Waals surface area contributed by atoms with Crippen LogP contribution in [0.2, 0.25) is 0 Å². The van der Waals surface area contributed by atoms with Gasteiger partial charge in [0.25, 0.3) is 0 Å². The van der Waals surface area contributed by atoms with Crippen molar-refractivity contribution in [3.63, 3.8) is 0 Å². The molecule has 0 fully saturated rings. The summed E-state index contributed by atoms with van der Waals surface area (Å²) < 4.78 is 29.0. The van der Waals surface area contributed by atoms with Crippen molar-refractivity contribution in [1.29, 1.82) is 0 Å². The Hall–Kier alpha value is -4.73. The van der Waals surface area contributed by atoms with Crippen molar-refractivity contribution >= 4 is 9.84 Å². The number of benzene rings is 6. The van der Waals surface area contributed by atoms with Crippen LogP contribution in [0.1, 0.15) is 0 Å². The first kappa shape index (κ1) is 24.6. The fourth-order valence-corrected chi connectivity index (χ4v) is 6.83. The summed E-state index contributed by atoms with van der Waals surface area (Å²) in [4.78, 5) is 0.580. The minimum absolute atomic E-state index is 0.290. The second kappa shape index (κ2) is 10.6. The minimum Gasteiger partial charge on any atom is -0.218 e. The number of rotatable bonds is 6. The largest absolute Gasteiger partial charge is 0.218 e. The standard InChI is InChI=1S/C36H26O2S/c37-39(38,35-25-13-11-23-33(35)31-21-9-7-19-29(31)27-15-3-1-4-16-27)36-26-14-12-24-34(36)32-22-10-8-20-30(32)28-17-5-2-6-18-28/h1-26H. The third-order valence-corrected chi connectivity index (χ3v) is 8.83. The van der Waals surface area contributed by atoms with Crippen LogP contribution in [0.3, 0.4) is 0 Å². The Morgan fingerprint density at radius 3 is 0.949 bits per heavy atom. The maximum Gasteiger partial charge on any atom is 0.207 e. The molecule has 6 rings (SSSR count). The molecule has 0 heterocycles. The molecule has 0 aromatic heterocycles. The molecule has 0 saturated carbocycles. The monoisotopic (exact) mass is 522 g/mol. The summed E-state index contributed by atoms with van der Waals surface area (Å²) in [5.41, 5.74) is 7.18. The second-order valence-electron chi connectivity index (χ2n) is 9.32. The van der Waals surface area contributed by atoms with Crippen molar-refractivity contribution in [2.75, 3.05) is 0 Å². The van der Waals surface area contributed by atoms with Gasteiger partial charge in [-0.05, 0) is 45.5 Å². The predicted octanol–water partition coefficient (Wildman–Crippen LogP) is 9.19. The molecular weight excluding hydrogens is 496 g/mol. The Morgan fingerprint density at radius 1 is 0.282 bits per heavy atom. The van der Waals surface area contributed by atoms with E-state index in [9.17, 15) is 8.42 Å². The number of sulfone groups is 1. The van der Waals surface area contributed by atoms with Crippen molar-refractivity contribution in [2.45, 2.75) is 9.79 Å². The average Bonchev–Trinajstić information content (AvgIpc) is 3.02. The lowest BCUT2D eigenvalue weighted by molar-refractivity contribution is 0.596. The van der Waals surface area contributed by atoms with E-state index in [1.165, 1.54) is 0 Å². The number of hydrogen-bond acceptors (Lipinski definition) is 2. The molecule has 2 nitrogen and oxygen atoms in total. The van der Waals surface area contributed by atoms with E-state index < -0.39 is 9.84 Å². The van der Waals surface area contributed by atoms with Crippen molar-refractivity contribution in [1.82, 2.24) is 0 Å². The van der Waals surface area contributed by atoms with Crippen LogP contribution in [0.15, 0.2) is 168 Å². The van der Waals surface area contributed by atoms with E-state index in [-0.39, 0.29) is 9.79 Å². The highest BCUT2D eigenvalue weighted by molar-refractivity contribution is 7.91. The van der Waals surface area contributed by atoms with Gasteiger partial charge in [0.1, 0.15) is 0 Å². The normalized spacial score (nSPS) is 11.3. The van der Waals surface area contributed by atoms with Gasteiger partial charge in [0.15, 0.2) is 0 Å². The van der Waals surface area contributed by atoms with Gasteiger partial charge in [-0.25, -0.2) is 8.42 Å². The van der Waals surface area contributed by atoms with Crippen LogP contribution in [0.25, 0.3) is 44.5 Å². The third-order valence-electron chi connectivity index (χ3n) is 6.96. The molecule has 0 saturated heterocycles. The van der Waals surface area contributed by atoms with Gasteiger partial charge in [0.05, 0.1) is 9.79 Å². The molecule has 0 amide bonds. The lowest BCUT2D eigenvalue weighted by atomic mass is 9.94. The summed E-state index contributed by atoms with van der Waals surface area (Å²) in [6.45, 7) is 0. The van der Waals surface area contributed by atoms with E-state index in [0.29, 0.717) is 11.1 Å². The maximum absolute atomic E-state index is 14.5. The van der Waals surface area contributed by atoms with Crippen LogP contribution in [-0.2, 0) is 9.84 Å². The van der Waals surface area contributed by atoms with Crippen LogP contribution in [-0.4, -0.2) is 8.42 Å². The van der Waals surface area contributed by atoms with Gasteiger partial charge in [-0.15, -0.1) is 0 Å². The second-order valence-corrected chi connectivity index (χ2v) is 11.2. The van der Waals surface area contributed by atoms with Gasteiger partial charge in [0.2, 0.25) is 9.84 Å². The fraction of sp³-hybridized carbons (Fsp3) is 0.